The van der Waals surface area contributed by atoms with Crippen LogP contribution in [-0.2, 0) is 6.54 Å². The molecule has 0 spiro atoms. The monoisotopic (exact) mass is 362 g/mol. The molecule has 2 aromatic carbocycles. The number of nitro benzene ring substituents is 1. The van der Waals surface area contributed by atoms with Gasteiger partial charge in [-0.25, -0.2) is 0 Å². The molecule has 3 aromatic rings. The van der Waals surface area contributed by atoms with Crippen molar-refractivity contribution in [3.8, 4) is 5.75 Å². The third kappa shape index (κ3) is 2.73. The molecule has 1 aromatic heterocycles. The van der Waals surface area contributed by atoms with E-state index in [2.05, 4.69) is 31.4 Å². The standard InChI is InChI=1S/C14H11BrN4O3/c15-9-4-12(11-7-17-18-13(11)5-9)16-6-8-3-10(20)1-2-14(8)19(21)22/h1-5,7,16,20H,6H2,(H,17,18). The number of phenols is 1. The van der Waals surface area contributed by atoms with E-state index in [0.717, 1.165) is 21.1 Å². The van der Waals surface area contributed by atoms with Crippen LogP contribution in [0.25, 0.3) is 10.9 Å². The number of anilines is 1. The van der Waals surface area contributed by atoms with Crippen molar-refractivity contribution in [1.29, 1.82) is 0 Å². The Morgan fingerprint density at radius 2 is 2.18 bits per heavy atom. The van der Waals surface area contributed by atoms with Gasteiger partial charge in [-0.3, -0.25) is 15.2 Å². The van der Waals surface area contributed by atoms with E-state index in [0.29, 0.717) is 5.56 Å². The Bertz CT molecular complexity index is 862. The van der Waals surface area contributed by atoms with Crippen molar-refractivity contribution in [2.24, 2.45) is 0 Å². The zero-order chi connectivity index (χ0) is 15.7. The van der Waals surface area contributed by atoms with E-state index in [-0.39, 0.29) is 18.0 Å². The van der Waals surface area contributed by atoms with Gasteiger partial charge in [-0.2, -0.15) is 5.10 Å². The Morgan fingerprint density at radius 1 is 1.36 bits per heavy atom. The van der Waals surface area contributed by atoms with Crippen molar-refractivity contribution in [3.63, 3.8) is 0 Å². The minimum absolute atomic E-state index is 0.00917. The summed E-state index contributed by atoms with van der Waals surface area (Å²) in [5.74, 6) is -0.00917. The topological polar surface area (TPSA) is 104 Å². The Morgan fingerprint density at radius 3 is 2.95 bits per heavy atom. The summed E-state index contributed by atoms with van der Waals surface area (Å²) in [4.78, 5) is 10.6. The van der Waals surface area contributed by atoms with E-state index in [1.54, 1.807) is 6.20 Å². The lowest BCUT2D eigenvalue weighted by atomic mass is 10.1. The molecule has 3 rings (SSSR count). The largest absolute Gasteiger partial charge is 0.508 e. The molecular weight excluding hydrogens is 352 g/mol. The maximum Gasteiger partial charge on any atom is 0.274 e. The van der Waals surface area contributed by atoms with Crippen LogP contribution < -0.4 is 5.32 Å². The summed E-state index contributed by atoms with van der Waals surface area (Å²) in [6, 6.07) is 7.74. The molecule has 0 unspecified atom stereocenters. The van der Waals surface area contributed by atoms with Crippen molar-refractivity contribution in [2.75, 3.05) is 5.32 Å². The maximum atomic E-state index is 11.0. The molecule has 0 aliphatic carbocycles. The van der Waals surface area contributed by atoms with Gasteiger partial charge < -0.3 is 10.4 Å². The van der Waals surface area contributed by atoms with E-state index in [1.165, 1.54) is 18.2 Å². The number of hydrogen-bond donors (Lipinski definition) is 3. The van der Waals surface area contributed by atoms with Crippen molar-refractivity contribution in [1.82, 2.24) is 10.2 Å². The van der Waals surface area contributed by atoms with Gasteiger partial charge in [0.1, 0.15) is 5.75 Å². The van der Waals surface area contributed by atoms with Crippen LogP contribution in [0.4, 0.5) is 11.4 Å². The van der Waals surface area contributed by atoms with Crippen LogP contribution in [0.1, 0.15) is 5.56 Å². The van der Waals surface area contributed by atoms with Gasteiger partial charge >= 0.3 is 0 Å². The fourth-order valence-electron chi connectivity index (χ4n) is 2.24. The highest BCUT2D eigenvalue weighted by Gasteiger charge is 2.14. The SMILES string of the molecule is O=[N+]([O-])c1ccc(O)cc1CNc1cc(Br)cc2[nH]ncc12. The number of rotatable bonds is 4. The lowest BCUT2D eigenvalue weighted by Gasteiger charge is -2.09. The summed E-state index contributed by atoms with van der Waals surface area (Å²) < 4.78 is 0.858. The number of H-pyrrole nitrogens is 1. The molecule has 0 radical (unpaired) electrons. The lowest BCUT2D eigenvalue weighted by molar-refractivity contribution is -0.385. The molecule has 0 bridgehead atoms. The first kappa shape index (κ1) is 14.3. The van der Waals surface area contributed by atoms with Crippen LogP contribution in [0.15, 0.2) is 41.0 Å². The smallest absolute Gasteiger partial charge is 0.274 e. The van der Waals surface area contributed by atoms with Gasteiger partial charge in [0.2, 0.25) is 0 Å². The second kappa shape index (κ2) is 5.64. The van der Waals surface area contributed by atoms with Gasteiger partial charge in [0.15, 0.2) is 0 Å². The number of hydrogen-bond acceptors (Lipinski definition) is 5. The van der Waals surface area contributed by atoms with E-state index in [4.69, 9.17) is 0 Å². The van der Waals surface area contributed by atoms with E-state index in [9.17, 15) is 15.2 Å². The van der Waals surface area contributed by atoms with Crippen LogP contribution in [0.5, 0.6) is 5.75 Å². The van der Waals surface area contributed by atoms with E-state index in [1.807, 2.05) is 12.1 Å². The first-order chi connectivity index (χ1) is 10.5. The number of fused-ring (bicyclic) bond motifs is 1. The molecule has 1 heterocycles. The molecule has 112 valence electrons. The Balaban J connectivity index is 1.93. The third-order valence-corrected chi connectivity index (χ3v) is 3.71. The Kier molecular flexibility index (Phi) is 3.68. The highest BCUT2D eigenvalue weighted by Crippen LogP contribution is 2.29. The fraction of sp³-hybridized carbons (Fsp3) is 0.0714. The third-order valence-electron chi connectivity index (χ3n) is 3.25. The summed E-state index contributed by atoms with van der Waals surface area (Å²) in [7, 11) is 0. The van der Waals surface area contributed by atoms with Gasteiger partial charge in [0, 0.05) is 28.2 Å². The number of phenolic OH excluding ortho intramolecular Hbond substituents is 1. The summed E-state index contributed by atoms with van der Waals surface area (Å²) in [6.07, 6.45) is 1.68. The predicted octanol–water partition coefficient (Wildman–Crippen LogP) is 3.55. The first-order valence-electron chi connectivity index (χ1n) is 6.37. The summed E-state index contributed by atoms with van der Waals surface area (Å²) in [5, 5.41) is 31.5. The Labute approximate surface area is 133 Å². The number of benzene rings is 2. The summed E-state index contributed by atoms with van der Waals surface area (Å²) in [5.41, 5.74) is 2.00. The molecule has 7 nitrogen and oxygen atoms in total. The number of nitrogens with zero attached hydrogens (tertiary/aromatic N) is 2. The van der Waals surface area contributed by atoms with Gasteiger partial charge in [-0.15, -0.1) is 0 Å². The molecule has 0 saturated carbocycles. The highest BCUT2D eigenvalue weighted by molar-refractivity contribution is 9.10. The van der Waals surface area contributed by atoms with Crippen molar-refractivity contribution in [2.45, 2.75) is 6.54 Å². The van der Waals surface area contributed by atoms with Gasteiger partial charge in [0.05, 0.1) is 22.2 Å². The Hall–Kier alpha value is -2.61. The normalized spacial score (nSPS) is 10.8. The molecule has 0 amide bonds. The average Bonchev–Trinajstić information content (AvgIpc) is 2.92. The van der Waals surface area contributed by atoms with Crippen molar-refractivity contribution < 1.29 is 10.0 Å². The van der Waals surface area contributed by atoms with Gasteiger partial charge in [-0.05, 0) is 24.3 Å². The number of aromatic nitrogens is 2. The van der Waals surface area contributed by atoms with Crippen LogP contribution in [0.2, 0.25) is 0 Å². The molecule has 3 N–H and O–H groups in total. The van der Waals surface area contributed by atoms with Crippen LogP contribution in [0, 0.1) is 10.1 Å². The maximum absolute atomic E-state index is 11.0. The second-order valence-corrected chi connectivity index (χ2v) is 5.62. The molecule has 0 aliphatic rings. The molecule has 22 heavy (non-hydrogen) atoms. The molecule has 0 fully saturated rings. The number of aromatic amines is 1. The fourth-order valence-corrected chi connectivity index (χ4v) is 2.70. The first-order valence-corrected chi connectivity index (χ1v) is 7.16. The number of nitrogens with one attached hydrogen (secondary N) is 2. The molecule has 0 saturated heterocycles. The summed E-state index contributed by atoms with van der Waals surface area (Å²) in [6.45, 7) is 0.210. The minimum atomic E-state index is -0.467. The molecule has 8 heteroatoms. The molecule has 0 aliphatic heterocycles. The van der Waals surface area contributed by atoms with Gasteiger partial charge in [-0.1, -0.05) is 15.9 Å². The summed E-state index contributed by atoms with van der Waals surface area (Å²) >= 11 is 3.41. The van der Waals surface area contributed by atoms with Crippen molar-refractivity contribution in [3.05, 3.63) is 56.7 Å². The minimum Gasteiger partial charge on any atom is -0.508 e. The quantitative estimate of drug-likeness (QED) is 0.486. The number of halogens is 1. The van der Waals surface area contributed by atoms with Crippen LogP contribution in [0.3, 0.4) is 0 Å². The van der Waals surface area contributed by atoms with Gasteiger partial charge in [0.25, 0.3) is 5.69 Å². The second-order valence-electron chi connectivity index (χ2n) is 4.71. The zero-order valence-corrected chi connectivity index (χ0v) is 12.8. The zero-order valence-electron chi connectivity index (χ0n) is 11.2. The lowest BCUT2D eigenvalue weighted by Crippen LogP contribution is -2.03. The van der Waals surface area contributed by atoms with Crippen LogP contribution >= 0.6 is 15.9 Å². The molecular formula is C14H11BrN4O3. The number of nitro groups is 1. The van der Waals surface area contributed by atoms with Crippen molar-refractivity contribution >= 4 is 38.2 Å². The van der Waals surface area contributed by atoms with Crippen LogP contribution in [-0.4, -0.2) is 20.2 Å². The van der Waals surface area contributed by atoms with E-state index < -0.39 is 4.92 Å². The highest BCUT2D eigenvalue weighted by atomic mass is 79.9. The number of aromatic hydroxyl groups is 1. The molecule has 0 atom stereocenters. The van der Waals surface area contributed by atoms with E-state index >= 15 is 0 Å². The average molecular weight is 363 g/mol. The predicted molar refractivity (Wildman–Crippen MR) is 85.9 cm³/mol.